The van der Waals surface area contributed by atoms with E-state index in [1.165, 1.54) is 12.1 Å². The quantitative estimate of drug-likeness (QED) is 0.483. The molecule has 0 radical (unpaired) electrons. The topological polar surface area (TPSA) is 55.6 Å². The van der Waals surface area contributed by atoms with Crippen molar-refractivity contribution < 1.29 is 4.39 Å². The van der Waals surface area contributed by atoms with Gasteiger partial charge >= 0.3 is 0 Å². The third kappa shape index (κ3) is 3.46. The Balaban J connectivity index is 1.94. The highest BCUT2D eigenvalue weighted by Crippen LogP contribution is 2.30. The summed E-state index contributed by atoms with van der Waals surface area (Å²) in [6.45, 7) is 3.82. The van der Waals surface area contributed by atoms with Gasteiger partial charge in [-0.15, -0.1) is 0 Å². The Morgan fingerprint density at radius 2 is 1.67 bits per heavy atom. The zero-order valence-corrected chi connectivity index (χ0v) is 16.0. The second kappa shape index (κ2) is 6.79. The first-order valence-electron chi connectivity index (χ1n) is 8.14. The molecule has 4 aromatic rings. The van der Waals surface area contributed by atoms with E-state index in [0.717, 1.165) is 11.4 Å². The summed E-state index contributed by atoms with van der Waals surface area (Å²) in [6.07, 6.45) is 0. The number of hydrogen-bond acceptors (Lipinski definition) is 4. The van der Waals surface area contributed by atoms with Gasteiger partial charge in [-0.1, -0.05) is 29.3 Å². The highest BCUT2D eigenvalue weighted by Gasteiger charge is 2.16. The lowest BCUT2D eigenvalue weighted by Gasteiger charge is -2.13. The fourth-order valence-corrected chi connectivity index (χ4v) is 3.14. The van der Waals surface area contributed by atoms with Gasteiger partial charge < -0.3 is 5.32 Å². The van der Waals surface area contributed by atoms with Crippen molar-refractivity contribution >= 4 is 45.7 Å². The molecule has 0 atom stereocenters. The van der Waals surface area contributed by atoms with Gasteiger partial charge in [0.05, 0.1) is 26.8 Å². The predicted molar refractivity (Wildman–Crippen MR) is 106 cm³/mol. The minimum absolute atomic E-state index is 0.351. The standard InChI is InChI=1S/C19H14Cl2FN5/c1-10-6-11(2)27(26-10)19-18(23-13-5-3-4-12(22)7-13)24-16-8-14(20)15(21)9-17(16)25-19/h3-9H,1-2H3,(H,23,24). The summed E-state index contributed by atoms with van der Waals surface area (Å²) < 4.78 is 15.3. The summed E-state index contributed by atoms with van der Waals surface area (Å²) in [5, 5.41) is 8.39. The molecule has 0 bridgehead atoms. The van der Waals surface area contributed by atoms with Gasteiger partial charge in [-0.2, -0.15) is 5.10 Å². The number of nitrogens with zero attached hydrogens (tertiary/aromatic N) is 4. The van der Waals surface area contributed by atoms with E-state index >= 15 is 0 Å². The lowest BCUT2D eigenvalue weighted by molar-refractivity contribution is 0.628. The molecule has 0 saturated carbocycles. The summed E-state index contributed by atoms with van der Waals surface area (Å²) in [7, 11) is 0. The maximum atomic E-state index is 13.6. The van der Waals surface area contributed by atoms with Crippen molar-refractivity contribution in [2.24, 2.45) is 0 Å². The minimum Gasteiger partial charge on any atom is -0.337 e. The van der Waals surface area contributed by atoms with Crippen LogP contribution < -0.4 is 5.32 Å². The van der Waals surface area contributed by atoms with E-state index < -0.39 is 0 Å². The van der Waals surface area contributed by atoms with E-state index in [-0.39, 0.29) is 5.82 Å². The van der Waals surface area contributed by atoms with Crippen LogP contribution in [0.3, 0.4) is 0 Å². The largest absolute Gasteiger partial charge is 0.337 e. The molecule has 0 saturated heterocycles. The molecular formula is C19H14Cl2FN5. The van der Waals surface area contributed by atoms with Crippen molar-refractivity contribution in [2.45, 2.75) is 13.8 Å². The number of rotatable bonds is 3. The Morgan fingerprint density at radius 1 is 0.963 bits per heavy atom. The molecule has 4 rings (SSSR count). The predicted octanol–water partition coefficient (Wildman–Crippen LogP) is 5.62. The van der Waals surface area contributed by atoms with Gasteiger partial charge in [0, 0.05) is 11.4 Å². The molecule has 0 aliphatic heterocycles. The second-order valence-corrected chi connectivity index (χ2v) is 6.94. The molecule has 5 nitrogen and oxygen atoms in total. The van der Waals surface area contributed by atoms with Gasteiger partial charge in [0.15, 0.2) is 11.6 Å². The first-order valence-corrected chi connectivity index (χ1v) is 8.89. The van der Waals surface area contributed by atoms with Gasteiger partial charge in [0.1, 0.15) is 5.82 Å². The van der Waals surface area contributed by atoms with Crippen molar-refractivity contribution in [3.8, 4) is 5.82 Å². The third-order valence-corrected chi connectivity index (χ3v) is 4.71. The molecule has 0 fully saturated rings. The molecule has 0 aliphatic rings. The average Bonchev–Trinajstić information content (AvgIpc) is 2.94. The van der Waals surface area contributed by atoms with Crippen LogP contribution >= 0.6 is 23.2 Å². The molecule has 0 aliphatic carbocycles. The van der Waals surface area contributed by atoms with Crippen LogP contribution in [0.15, 0.2) is 42.5 Å². The Kier molecular flexibility index (Phi) is 4.45. The highest BCUT2D eigenvalue weighted by molar-refractivity contribution is 6.42. The second-order valence-electron chi connectivity index (χ2n) is 6.13. The highest BCUT2D eigenvalue weighted by atomic mass is 35.5. The maximum Gasteiger partial charge on any atom is 0.197 e. The smallest absolute Gasteiger partial charge is 0.197 e. The van der Waals surface area contributed by atoms with Gasteiger partial charge in [0.2, 0.25) is 0 Å². The number of halogens is 3. The zero-order valence-electron chi connectivity index (χ0n) is 14.5. The number of nitrogens with one attached hydrogen (secondary N) is 1. The number of hydrogen-bond donors (Lipinski definition) is 1. The van der Waals surface area contributed by atoms with E-state index in [9.17, 15) is 4.39 Å². The van der Waals surface area contributed by atoms with Gasteiger partial charge in [-0.05, 0) is 50.2 Å². The summed E-state index contributed by atoms with van der Waals surface area (Å²) in [5.74, 6) is 0.560. The summed E-state index contributed by atoms with van der Waals surface area (Å²) in [4.78, 5) is 9.31. The van der Waals surface area contributed by atoms with E-state index in [1.807, 2.05) is 19.9 Å². The first-order chi connectivity index (χ1) is 12.9. The van der Waals surface area contributed by atoms with Crippen LogP contribution in [0, 0.1) is 19.7 Å². The van der Waals surface area contributed by atoms with Gasteiger partial charge in [0.25, 0.3) is 0 Å². The van der Waals surface area contributed by atoms with Gasteiger partial charge in [-0.3, -0.25) is 0 Å². The number of aryl methyl sites for hydroxylation is 2. The molecule has 27 heavy (non-hydrogen) atoms. The average molecular weight is 402 g/mol. The SMILES string of the molecule is Cc1cc(C)n(-c2nc3cc(Cl)c(Cl)cc3nc2Nc2cccc(F)c2)n1. The van der Waals surface area contributed by atoms with Crippen LogP contribution in [0.1, 0.15) is 11.4 Å². The number of fused-ring (bicyclic) bond motifs is 1. The van der Waals surface area contributed by atoms with Crippen molar-refractivity contribution in [3.05, 3.63) is 69.7 Å². The van der Waals surface area contributed by atoms with Crippen LogP contribution in [0.4, 0.5) is 15.9 Å². The Bertz CT molecular complexity index is 1170. The van der Waals surface area contributed by atoms with E-state index in [4.69, 9.17) is 23.2 Å². The summed E-state index contributed by atoms with van der Waals surface area (Å²) >= 11 is 12.2. The normalized spacial score (nSPS) is 11.1. The molecule has 2 aromatic heterocycles. The monoisotopic (exact) mass is 401 g/mol. The third-order valence-electron chi connectivity index (χ3n) is 3.99. The molecule has 0 spiro atoms. The van der Waals surface area contributed by atoms with Crippen molar-refractivity contribution in [3.63, 3.8) is 0 Å². The molecule has 0 unspecified atom stereocenters. The van der Waals surface area contributed by atoms with Crippen LogP contribution in [0.5, 0.6) is 0 Å². The van der Waals surface area contributed by atoms with Crippen LogP contribution in [0.25, 0.3) is 16.9 Å². The fourth-order valence-electron chi connectivity index (χ4n) is 2.82. The van der Waals surface area contributed by atoms with E-state index in [2.05, 4.69) is 20.4 Å². The van der Waals surface area contributed by atoms with Crippen LogP contribution in [-0.2, 0) is 0 Å². The minimum atomic E-state index is -0.351. The van der Waals surface area contributed by atoms with Crippen molar-refractivity contribution in [1.82, 2.24) is 19.7 Å². The zero-order chi connectivity index (χ0) is 19.1. The Hall–Kier alpha value is -2.70. The summed E-state index contributed by atoms with van der Waals surface area (Å²) in [5.41, 5.74) is 3.43. The molecule has 0 amide bonds. The van der Waals surface area contributed by atoms with Crippen molar-refractivity contribution in [2.75, 3.05) is 5.32 Å². The number of aromatic nitrogens is 4. The maximum absolute atomic E-state index is 13.6. The van der Waals surface area contributed by atoms with E-state index in [0.29, 0.717) is 38.4 Å². The van der Waals surface area contributed by atoms with Crippen molar-refractivity contribution in [1.29, 1.82) is 0 Å². The molecule has 1 N–H and O–H groups in total. The number of benzene rings is 2. The van der Waals surface area contributed by atoms with Crippen LogP contribution in [0.2, 0.25) is 10.0 Å². The van der Waals surface area contributed by atoms with Gasteiger partial charge in [-0.25, -0.2) is 19.0 Å². The Labute approximate surface area is 164 Å². The van der Waals surface area contributed by atoms with E-state index in [1.54, 1.807) is 28.9 Å². The number of anilines is 2. The molecule has 2 heterocycles. The summed E-state index contributed by atoms with van der Waals surface area (Å²) in [6, 6.07) is 11.4. The molecule has 2 aromatic carbocycles. The molecule has 136 valence electrons. The molecular weight excluding hydrogens is 388 g/mol. The Morgan fingerprint density at radius 3 is 2.30 bits per heavy atom. The lowest BCUT2D eigenvalue weighted by atomic mass is 10.3. The molecule has 8 heteroatoms. The lowest BCUT2D eigenvalue weighted by Crippen LogP contribution is -2.09. The fraction of sp³-hybridized carbons (Fsp3) is 0.105. The van der Waals surface area contributed by atoms with Crippen LogP contribution in [-0.4, -0.2) is 19.7 Å². The first kappa shape index (κ1) is 17.7.